The van der Waals surface area contributed by atoms with Crippen molar-refractivity contribution in [2.45, 2.75) is 70.7 Å². The molecule has 1 amide bonds. The van der Waals surface area contributed by atoms with E-state index in [1.54, 1.807) is 32.9 Å². The van der Waals surface area contributed by atoms with Crippen LogP contribution in [0.25, 0.3) is 0 Å². The predicted octanol–water partition coefficient (Wildman–Crippen LogP) is 6.39. The van der Waals surface area contributed by atoms with Gasteiger partial charge in [0.2, 0.25) is 0 Å². The van der Waals surface area contributed by atoms with E-state index in [0.717, 1.165) is 54.8 Å². The Hall–Kier alpha value is -4.76. The molecule has 3 N–H and O–H groups in total. The minimum atomic E-state index is -0.592. The monoisotopic (exact) mass is 633 g/mol. The molecule has 2 atom stereocenters. The van der Waals surface area contributed by atoms with Crippen LogP contribution in [0.1, 0.15) is 74.7 Å². The van der Waals surface area contributed by atoms with Crippen molar-refractivity contribution in [3.8, 4) is 5.75 Å². The van der Waals surface area contributed by atoms with Crippen LogP contribution in [-0.2, 0) is 9.53 Å². The van der Waals surface area contributed by atoms with Crippen molar-refractivity contribution < 1.29 is 19.1 Å². The van der Waals surface area contributed by atoms with Crippen LogP contribution in [0.4, 0.5) is 5.69 Å². The molecule has 4 aliphatic rings. The Labute approximate surface area is 276 Å². The molecular weight excluding hydrogens is 590 g/mol. The van der Waals surface area contributed by atoms with E-state index in [1.807, 2.05) is 42.6 Å². The van der Waals surface area contributed by atoms with Gasteiger partial charge in [0.05, 0.1) is 12.3 Å². The van der Waals surface area contributed by atoms with Crippen LogP contribution in [0.3, 0.4) is 0 Å². The van der Waals surface area contributed by atoms with Crippen LogP contribution >= 0.6 is 0 Å². The van der Waals surface area contributed by atoms with Crippen LogP contribution in [0.15, 0.2) is 105 Å². The molecule has 2 aliphatic heterocycles. The van der Waals surface area contributed by atoms with Crippen molar-refractivity contribution in [1.29, 1.82) is 0 Å². The number of aliphatic imine (C=N–C) groups is 2. The molecule has 0 spiro atoms. The molecule has 0 bridgehead atoms. The molecule has 0 aromatic heterocycles. The zero-order valence-electron chi connectivity index (χ0n) is 27.3. The van der Waals surface area contributed by atoms with Gasteiger partial charge in [0.25, 0.3) is 5.91 Å². The molecule has 0 radical (unpaired) electrons. The number of hydrogen-bond donors (Lipinski definition) is 3. The summed E-state index contributed by atoms with van der Waals surface area (Å²) in [6, 6.07) is 15.3. The second-order valence-corrected chi connectivity index (χ2v) is 13.1. The number of nitrogens with one attached hydrogen (secondary N) is 3. The molecule has 2 heterocycles. The van der Waals surface area contributed by atoms with E-state index in [2.05, 4.69) is 45.2 Å². The third-order valence-corrected chi connectivity index (χ3v) is 8.43. The van der Waals surface area contributed by atoms with Crippen molar-refractivity contribution in [2.75, 3.05) is 25.0 Å². The summed E-state index contributed by atoms with van der Waals surface area (Å²) in [7, 11) is 0. The third kappa shape index (κ3) is 8.54. The minimum absolute atomic E-state index is 0.0785. The summed E-state index contributed by atoms with van der Waals surface area (Å²) in [5, 5.41) is 9.45. The number of carbonyl (C=O) groups excluding carboxylic acids is 2. The Morgan fingerprint density at radius 3 is 2.57 bits per heavy atom. The summed E-state index contributed by atoms with van der Waals surface area (Å²) < 4.78 is 11.3. The standard InChI is InChI=1S/C38H43N5O4/c1-38(2,3)47-35(44)24-39-36(45)27-12-10-26(11-13-27)28-22-40-37(41-23-28)42-29-14-16-30(17-15-29)46-21-20-25-8-18-32-31-6-4-5-7-33(31)43-34(32)19-9-25/h5-7,9-17,22,28,37,41-42H,4,8,18-21,23-24H2,1-3H3,(H,39,45). The van der Waals surface area contributed by atoms with Crippen molar-refractivity contribution in [1.82, 2.24) is 10.6 Å². The van der Waals surface area contributed by atoms with Crippen molar-refractivity contribution >= 4 is 29.5 Å². The van der Waals surface area contributed by atoms with Crippen LogP contribution in [0, 0.1) is 0 Å². The van der Waals surface area contributed by atoms with E-state index in [0.29, 0.717) is 18.7 Å². The lowest BCUT2D eigenvalue weighted by molar-refractivity contribution is -0.153. The quantitative estimate of drug-likeness (QED) is 0.207. The maximum absolute atomic E-state index is 12.5. The maximum Gasteiger partial charge on any atom is 0.325 e. The summed E-state index contributed by atoms with van der Waals surface area (Å²) in [4.78, 5) is 33.9. The first-order chi connectivity index (χ1) is 22.7. The van der Waals surface area contributed by atoms with E-state index < -0.39 is 11.6 Å². The lowest BCUT2D eigenvalue weighted by Gasteiger charge is -2.25. The molecule has 2 aliphatic carbocycles. The number of allylic oxidation sites excluding steroid dienone is 6. The van der Waals surface area contributed by atoms with Crippen molar-refractivity contribution in [3.05, 3.63) is 106 Å². The Morgan fingerprint density at radius 1 is 1.02 bits per heavy atom. The largest absolute Gasteiger partial charge is 0.493 e. The van der Waals surface area contributed by atoms with Gasteiger partial charge >= 0.3 is 5.97 Å². The van der Waals surface area contributed by atoms with Gasteiger partial charge in [-0.2, -0.15) is 0 Å². The summed E-state index contributed by atoms with van der Waals surface area (Å²) in [6.45, 7) is 6.54. The fourth-order valence-corrected chi connectivity index (χ4v) is 6.05. The SMILES string of the molecule is CC(C)(C)OC(=O)CNC(=O)c1ccc(C2C=NC(Nc3ccc(OCCC4=CCC5=C(CC4)C4=CCC=CC4=N5)cc3)NC2)cc1. The molecule has 9 nitrogen and oxygen atoms in total. The fourth-order valence-electron chi connectivity index (χ4n) is 6.05. The molecule has 2 aromatic carbocycles. The highest BCUT2D eigenvalue weighted by Gasteiger charge is 2.25. The van der Waals surface area contributed by atoms with Gasteiger partial charge in [-0.25, -0.2) is 0 Å². The zero-order valence-corrected chi connectivity index (χ0v) is 27.3. The number of fused-ring (bicyclic) bond motifs is 2. The molecule has 47 heavy (non-hydrogen) atoms. The predicted molar refractivity (Wildman–Crippen MR) is 186 cm³/mol. The van der Waals surface area contributed by atoms with E-state index in [9.17, 15) is 9.59 Å². The number of rotatable bonds is 10. The van der Waals surface area contributed by atoms with Crippen LogP contribution < -0.4 is 20.7 Å². The third-order valence-electron chi connectivity index (χ3n) is 8.43. The number of carbonyl (C=O) groups is 2. The molecule has 2 aromatic rings. The van der Waals surface area contributed by atoms with Gasteiger partial charge in [-0.3, -0.25) is 24.9 Å². The molecule has 6 rings (SSSR count). The van der Waals surface area contributed by atoms with E-state index in [1.165, 1.54) is 22.4 Å². The maximum atomic E-state index is 12.5. The number of ether oxygens (including phenoxy) is 2. The van der Waals surface area contributed by atoms with Crippen LogP contribution in [0.2, 0.25) is 0 Å². The molecular formula is C38H43N5O4. The van der Waals surface area contributed by atoms with E-state index in [4.69, 9.17) is 14.5 Å². The number of amides is 1. The first-order valence-corrected chi connectivity index (χ1v) is 16.4. The van der Waals surface area contributed by atoms with Crippen molar-refractivity contribution in [3.63, 3.8) is 0 Å². The van der Waals surface area contributed by atoms with Gasteiger partial charge in [0.1, 0.15) is 17.9 Å². The zero-order chi connectivity index (χ0) is 32.8. The highest BCUT2D eigenvalue weighted by Crippen LogP contribution is 2.37. The highest BCUT2D eigenvalue weighted by molar-refractivity contribution is 6.14. The summed E-state index contributed by atoms with van der Waals surface area (Å²) in [5.74, 6) is 0.138. The Morgan fingerprint density at radius 2 is 1.83 bits per heavy atom. The number of benzene rings is 2. The Kier molecular flexibility index (Phi) is 9.82. The molecule has 244 valence electrons. The average Bonchev–Trinajstić information content (AvgIpc) is 3.30. The molecule has 0 saturated carbocycles. The topological polar surface area (TPSA) is 113 Å². The smallest absolute Gasteiger partial charge is 0.325 e. The van der Waals surface area contributed by atoms with Crippen LogP contribution in [-0.4, -0.2) is 55.4 Å². The van der Waals surface area contributed by atoms with Gasteiger partial charge in [0.15, 0.2) is 6.29 Å². The molecule has 0 fully saturated rings. The number of nitrogens with zero attached hydrogens (tertiary/aromatic N) is 2. The van der Waals surface area contributed by atoms with E-state index in [-0.39, 0.29) is 24.7 Å². The lowest BCUT2D eigenvalue weighted by Crippen LogP contribution is -2.41. The summed E-state index contributed by atoms with van der Waals surface area (Å²) in [5.41, 5.74) is 8.49. The van der Waals surface area contributed by atoms with Gasteiger partial charge in [-0.1, -0.05) is 35.9 Å². The molecule has 2 unspecified atom stereocenters. The van der Waals surface area contributed by atoms with Crippen molar-refractivity contribution in [2.24, 2.45) is 9.98 Å². The fraction of sp³-hybridized carbons (Fsp3) is 0.368. The van der Waals surface area contributed by atoms with Gasteiger partial charge in [-0.15, -0.1) is 0 Å². The van der Waals surface area contributed by atoms with Gasteiger partial charge in [0, 0.05) is 54.0 Å². The second kappa shape index (κ2) is 14.3. The first-order valence-electron chi connectivity index (χ1n) is 16.4. The normalized spacial score (nSPS) is 20.3. The Bertz CT molecular complexity index is 1670. The second-order valence-electron chi connectivity index (χ2n) is 13.1. The summed E-state index contributed by atoms with van der Waals surface area (Å²) >= 11 is 0. The lowest BCUT2D eigenvalue weighted by atomic mass is 9.93. The van der Waals surface area contributed by atoms with E-state index >= 15 is 0 Å². The first kappa shape index (κ1) is 32.2. The van der Waals surface area contributed by atoms with Gasteiger partial charge in [-0.05, 0) is 93.6 Å². The molecule has 9 heteroatoms. The highest BCUT2D eigenvalue weighted by atomic mass is 16.6. The Balaban J connectivity index is 0.916. The van der Waals surface area contributed by atoms with Crippen LogP contribution in [0.5, 0.6) is 5.75 Å². The van der Waals surface area contributed by atoms with Gasteiger partial charge < -0.3 is 20.1 Å². The number of esters is 1. The summed E-state index contributed by atoms with van der Waals surface area (Å²) in [6.07, 6.45) is 15.6. The minimum Gasteiger partial charge on any atom is -0.493 e. The number of hydrogen-bond acceptors (Lipinski definition) is 8. The number of anilines is 1. The average molecular weight is 634 g/mol. The molecule has 0 saturated heterocycles.